The number of fused-ring (bicyclic) bond motifs is 1. The second kappa shape index (κ2) is 6.04. The van der Waals surface area contributed by atoms with Gasteiger partial charge in [-0.25, -0.2) is 9.97 Å². The van der Waals surface area contributed by atoms with E-state index in [4.69, 9.17) is 15.2 Å². The zero-order valence-corrected chi connectivity index (χ0v) is 12.8. The van der Waals surface area contributed by atoms with Gasteiger partial charge in [-0.05, 0) is 35.9 Å². The third-order valence-electron chi connectivity index (χ3n) is 3.68. The molecule has 1 aliphatic heterocycles. The number of hydrogen-bond acceptors (Lipinski definition) is 7. The number of nitrogen functional groups attached to an aromatic ring is 1. The quantitative estimate of drug-likeness (QED) is 0.762. The normalized spacial score (nSPS) is 12.2. The Morgan fingerprint density at radius 3 is 2.79 bits per heavy atom. The SMILES string of the molecule is Nc1ncc(-c2ccc3c(c2)OCO3)nc1NCc1ccncc1. The highest BCUT2D eigenvalue weighted by Gasteiger charge is 2.15. The molecule has 1 aliphatic rings. The molecule has 2 aromatic heterocycles. The molecule has 0 aliphatic carbocycles. The summed E-state index contributed by atoms with van der Waals surface area (Å²) in [6.07, 6.45) is 5.13. The number of nitrogens with one attached hydrogen (secondary N) is 1. The molecule has 7 nitrogen and oxygen atoms in total. The fraction of sp³-hybridized carbons (Fsp3) is 0.118. The molecule has 3 N–H and O–H groups in total. The largest absolute Gasteiger partial charge is 0.454 e. The Hall–Kier alpha value is -3.35. The molecule has 4 rings (SSSR count). The van der Waals surface area contributed by atoms with Crippen molar-refractivity contribution >= 4 is 11.6 Å². The van der Waals surface area contributed by atoms with Crippen LogP contribution in [0, 0.1) is 0 Å². The lowest BCUT2D eigenvalue weighted by molar-refractivity contribution is 0.174. The lowest BCUT2D eigenvalue weighted by Gasteiger charge is -2.10. The van der Waals surface area contributed by atoms with E-state index in [1.807, 2.05) is 30.3 Å². The average molecular weight is 321 g/mol. The molecular formula is C17H15N5O2. The predicted molar refractivity (Wildman–Crippen MR) is 89.6 cm³/mol. The van der Waals surface area contributed by atoms with Crippen molar-refractivity contribution in [3.8, 4) is 22.8 Å². The van der Waals surface area contributed by atoms with Gasteiger partial charge < -0.3 is 20.5 Å². The maximum absolute atomic E-state index is 5.93. The van der Waals surface area contributed by atoms with Crippen LogP contribution in [0.5, 0.6) is 11.5 Å². The first-order valence-electron chi connectivity index (χ1n) is 7.45. The second-order valence-electron chi connectivity index (χ2n) is 5.27. The molecule has 0 radical (unpaired) electrons. The van der Waals surface area contributed by atoms with Crippen LogP contribution in [0.4, 0.5) is 11.6 Å². The zero-order chi connectivity index (χ0) is 16.4. The minimum Gasteiger partial charge on any atom is -0.454 e. The molecule has 3 heterocycles. The van der Waals surface area contributed by atoms with Crippen LogP contribution in [0.2, 0.25) is 0 Å². The van der Waals surface area contributed by atoms with Gasteiger partial charge in [-0.1, -0.05) is 0 Å². The molecule has 0 saturated heterocycles. The molecule has 0 atom stereocenters. The monoisotopic (exact) mass is 321 g/mol. The number of aromatic nitrogens is 3. The zero-order valence-electron chi connectivity index (χ0n) is 12.8. The van der Waals surface area contributed by atoms with Crippen LogP contribution in [-0.2, 0) is 6.54 Å². The summed E-state index contributed by atoms with van der Waals surface area (Å²) in [5.41, 5.74) is 8.61. The molecule has 1 aromatic carbocycles. The summed E-state index contributed by atoms with van der Waals surface area (Å²) in [7, 11) is 0. The first kappa shape index (κ1) is 14.3. The average Bonchev–Trinajstić information content (AvgIpc) is 3.09. The molecule has 0 bridgehead atoms. The summed E-state index contributed by atoms with van der Waals surface area (Å²) in [5.74, 6) is 2.34. The molecule has 24 heavy (non-hydrogen) atoms. The van der Waals surface area contributed by atoms with Crippen LogP contribution in [0.1, 0.15) is 5.56 Å². The van der Waals surface area contributed by atoms with Crippen molar-refractivity contribution in [2.75, 3.05) is 17.8 Å². The van der Waals surface area contributed by atoms with E-state index in [0.29, 0.717) is 29.6 Å². The molecule has 0 unspecified atom stereocenters. The number of pyridine rings is 1. The van der Waals surface area contributed by atoms with Gasteiger partial charge in [-0.15, -0.1) is 0 Å². The van der Waals surface area contributed by atoms with E-state index in [9.17, 15) is 0 Å². The minimum absolute atomic E-state index is 0.241. The Morgan fingerprint density at radius 2 is 1.92 bits per heavy atom. The van der Waals surface area contributed by atoms with E-state index in [-0.39, 0.29) is 6.79 Å². The van der Waals surface area contributed by atoms with Gasteiger partial charge >= 0.3 is 0 Å². The molecule has 0 spiro atoms. The number of anilines is 2. The van der Waals surface area contributed by atoms with Crippen LogP contribution in [0.25, 0.3) is 11.3 Å². The molecule has 0 amide bonds. The molecule has 120 valence electrons. The highest BCUT2D eigenvalue weighted by Crippen LogP contribution is 2.35. The van der Waals surface area contributed by atoms with Gasteiger partial charge in [0.05, 0.1) is 11.9 Å². The number of rotatable bonds is 4. The Bertz CT molecular complexity index is 870. The number of nitrogens with two attached hydrogens (primary N) is 1. The lowest BCUT2D eigenvalue weighted by Crippen LogP contribution is -2.06. The van der Waals surface area contributed by atoms with E-state index in [0.717, 1.165) is 16.9 Å². The van der Waals surface area contributed by atoms with E-state index < -0.39 is 0 Å². The first-order chi connectivity index (χ1) is 11.8. The second-order valence-corrected chi connectivity index (χ2v) is 5.27. The number of ether oxygens (including phenoxy) is 2. The summed E-state index contributed by atoms with van der Waals surface area (Å²) in [4.78, 5) is 12.8. The smallest absolute Gasteiger partial charge is 0.231 e. The highest BCUT2D eigenvalue weighted by atomic mass is 16.7. The lowest BCUT2D eigenvalue weighted by atomic mass is 10.1. The highest BCUT2D eigenvalue weighted by molar-refractivity contribution is 5.68. The summed E-state index contributed by atoms with van der Waals surface area (Å²) >= 11 is 0. The van der Waals surface area contributed by atoms with Gasteiger partial charge in [-0.2, -0.15) is 0 Å². The van der Waals surface area contributed by atoms with Crippen LogP contribution in [0.15, 0.2) is 48.9 Å². The molecule has 0 fully saturated rings. The predicted octanol–water partition coefficient (Wildman–Crippen LogP) is 2.46. The van der Waals surface area contributed by atoms with Gasteiger partial charge in [0.1, 0.15) is 0 Å². The Labute approximate surface area is 138 Å². The van der Waals surface area contributed by atoms with Crippen molar-refractivity contribution in [2.24, 2.45) is 0 Å². The Balaban J connectivity index is 1.59. The van der Waals surface area contributed by atoms with Crippen molar-refractivity contribution in [1.29, 1.82) is 0 Å². The van der Waals surface area contributed by atoms with Gasteiger partial charge in [0.25, 0.3) is 0 Å². The maximum Gasteiger partial charge on any atom is 0.231 e. The summed E-state index contributed by atoms with van der Waals surface area (Å²) < 4.78 is 10.7. The van der Waals surface area contributed by atoms with Gasteiger partial charge in [0.2, 0.25) is 6.79 Å². The van der Waals surface area contributed by atoms with Crippen molar-refractivity contribution < 1.29 is 9.47 Å². The Morgan fingerprint density at radius 1 is 1.08 bits per heavy atom. The minimum atomic E-state index is 0.241. The van der Waals surface area contributed by atoms with Crippen LogP contribution in [0.3, 0.4) is 0 Å². The van der Waals surface area contributed by atoms with Crippen LogP contribution < -0.4 is 20.5 Å². The topological polar surface area (TPSA) is 95.2 Å². The van der Waals surface area contributed by atoms with Crippen molar-refractivity contribution in [3.63, 3.8) is 0 Å². The number of nitrogens with zero attached hydrogens (tertiary/aromatic N) is 3. The van der Waals surface area contributed by atoms with Crippen LogP contribution in [-0.4, -0.2) is 21.7 Å². The third-order valence-corrected chi connectivity index (χ3v) is 3.68. The fourth-order valence-corrected chi connectivity index (χ4v) is 2.41. The summed E-state index contributed by atoms with van der Waals surface area (Å²) in [6.45, 7) is 0.830. The molecule has 7 heteroatoms. The molecule has 3 aromatic rings. The first-order valence-corrected chi connectivity index (χ1v) is 7.45. The van der Waals surface area contributed by atoms with Crippen molar-refractivity contribution in [2.45, 2.75) is 6.54 Å². The van der Waals surface area contributed by atoms with Gasteiger partial charge in [-0.3, -0.25) is 4.98 Å². The fourth-order valence-electron chi connectivity index (χ4n) is 2.41. The van der Waals surface area contributed by atoms with Gasteiger partial charge in [0.15, 0.2) is 23.1 Å². The summed E-state index contributed by atoms with van der Waals surface area (Å²) in [5, 5.41) is 3.21. The Kier molecular flexibility index (Phi) is 3.59. The van der Waals surface area contributed by atoms with E-state index in [1.165, 1.54) is 0 Å². The summed E-state index contributed by atoms with van der Waals surface area (Å²) in [6, 6.07) is 9.52. The van der Waals surface area contributed by atoms with Crippen LogP contribution >= 0.6 is 0 Å². The standard InChI is InChI=1S/C17H15N5O2/c18-16-17(21-8-11-3-5-19-6-4-11)22-13(9-20-16)12-1-2-14-15(7-12)24-10-23-14/h1-7,9H,8,10H2,(H2,18,20)(H,21,22). The molecular weight excluding hydrogens is 306 g/mol. The van der Waals surface area contributed by atoms with E-state index in [1.54, 1.807) is 18.6 Å². The number of benzene rings is 1. The van der Waals surface area contributed by atoms with Crippen molar-refractivity contribution in [1.82, 2.24) is 15.0 Å². The van der Waals surface area contributed by atoms with Crippen molar-refractivity contribution in [3.05, 3.63) is 54.5 Å². The van der Waals surface area contributed by atoms with E-state index in [2.05, 4.69) is 20.3 Å². The number of hydrogen-bond donors (Lipinski definition) is 2. The third kappa shape index (κ3) is 2.79. The van der Waals surface area contributed by atoms with E-state index >= 15 is 0 Å². The van der Waals surface area contributed by atoms with Gasteiger partial charge in [0, 0.05) is 24.5 Å². The molecule has 0 saturated carbocycles. The maximum atomic E-state index is 5.93.